The number of fused-ring (bicyclic) bond motifs is 5. The van der Waals surface area contributed by atoms with E-state index in [4.69, 9.17) is 0 Å². The number of Topliss-reactive ketones (excluding diaryl/α,β-unsaturated/α-hetero) is 1. The van der Waals surface area contributed by atoms with Crippen LogP contribution in [-0.2, 0) is 4.79 Å². The molecule has 0 spiro atoms. The molecule has 27 heavy (non-hydrogen) atoms. The van der Waals surface area contributed by atoms with Gasteiger partial charge in [0.15, 0.2) is 0 Å². The summed E-state index contributed by atoms with van der Waals surface area (Å²) < 4.78 is 0. The summed E-state index contributed by atoms with van der Waals surface area (Å²) in [5.74, 6) is 2.65. The van der Waals surface area contributed by atoms with E-state index in [1.807, 2.05) is 6.92 Å². The van der Waals surface area contributed by atoms with Crippen molar-refractivity contribution < 1.29 is 15.0 Å². The van der Waals surface area contributed by atoms with Gasteiger partial charge in [-0.1, -0.05) is 39.3 Å². The van der Waals surface area contributed by atoms with Crippen LogP contribution in [0.25, 0.3) is 0 Å². The number of allylic oxidation sites excluding steroid dienone is 2. The maximum Gasteiger partial charge on any atom is 0.137 e. The first kappa shape index (κ1) is 19.6. The lowest BCUT2D eigenvalue weighted by molar-refractivity contribution is -0.127. The van der Waals surface area contributed by atoms with Gasteiger partial charge in [-0.15, -0.1) is 0 Å². The summed E-state index contributed by atoms with van der Waals surface area (Å²) in [6, 6.07) is 0. The molecule has 9 atom stereocenters. The maximum absolute atomic E-state index is 13.1. The van der Waals surface area contributed by atoms with E-state index in [-0.39, 0.29) is 23.9 Å². The SMILES string of the molecule is CC1CC[C@@]2(C)C(=CC[C@H]3[C@@H]4CC(=O)[C@H]([C@H](C)C(O)CO)[C@@]4(C)CC[C@@H]32)C1. The molecule has 2 N–H and O–H groups in total. The highest BCUT2D eigenvalue weighted by molar-refractivity contribution is 5.85. The van der Waals surface area contributed by atoms with E-state index < -0.39 is 6.10 Å². The number of carbonyl (C=O) groups excluding carboxylic acids is 1. The highest BCUT2D eigenvalue weighted by Gasteiger charge is 2.62. The Morgan fingerprint density at radius 2 is 1.93 bits per heavy atom. The predicted octanol–water partition coefficient (Wildman–Crippen LogP) is 4.37. The number of aliphatic hydroxyl groups excluding tert-OH is 2. The highest BCUT2D eigenvalue weighted by Crippen LogP contribution is 2.66. The summed E-state index contributed by atoms with van der Waals surface area (Å²) in [4.78, 5) is 13.1. The molecule has 2 unspecified atom stereocenters. The van der Waals surface area contributed by atoms with Crippen molar-refractivity contribution in [3.05, 3.63) is 11.6 Å². The van der Waals surface area contributed by atoms with Crippen molar-refractivity contribution in [2.45, 2.75) is 78.7 Å². The molecule has 0 aliphatic heterocycles. The van der Waals surface area contributed by atoms with Gasteiger partial charge in [0.2, 0.25) is 0 Å². The largest absolute Gasteiger partial charge is 0.394 e. The summed E-state index contributed by atoms with van der Waals surface area (Å²) in [5.41, 5.74) is 2.03. The fourth-order valence-electron chi connectivity index (χ4n) is 7.96. The molecule has 4 aliphatic carbocycles. The zero-order chi connectivity index (χ0) is 19.6. The topological polar surface area (TPSA) is 57.5 Å². The second-order valence-corrected chi connectivity index (χ2v) is 10.9. The Hall–Kier alpha value is -0.670. The van der Waals surface area contributed by atoms with Crippen molar-refractivity contribution in [2.75, 3.05) is 6.61 Å². The lowest BCUT2D eigenvalue weighted by atomic mass is 9.46. The fourth-order valence-corrected chi connectivity index (χ4v) is 7.96. The van der Waals surface area contributed by atoms with Gasteiger partial charge in [0.05, 0.1) is 12.7 Å². The van der Waals surface area contributed by atoms with Gasteiger partial charge >= 0.3 is 0 Å². The summed E-state index contributed by atoms with van der Waals surface area (Å²) >= 11 is 0. The van der Waals surface area contributed by atoms with Crippen LogP contribution >= 0.6 is 0 Å². The van der Waals surface area contributed by atoms with Crippen LogP contribution in [0.1, 0.15) is 72.6 Å². The zero-order valence-corrected chi connectivity index (χ0v) is 17.6. The van der Waals surface area contributed by atoms with E-state index in [0.29, 0.717) is 35.4 Å². The molecule has 152 valence electrons. The van der Waals surface area contributed by atoms with Crippen LogP contribution in [0.4, 0.5) is 0 Å². The highest BCUT2D eigenvalue weighted by atomic mass is 16.3. The summed E-state index contributed by atoms with van der Waals surface area (Å²) in [5, 5.41) is 19.7. The van der Waals surface area contributed by atoms with Crippen LogP contribution in [-0.4, -0.2) is 28.7 Å². The van der Waals surface area contributed by atoms with Gasteiger partial charge in [-0.05, 0) is 78.9 Å². The van der Waals surface area contributed by atoms with E-state index in [1.54, 1.807) is 5.57 Å². The molecule has 0 bridgehead atoms. The minimum absolute atomic E-state index is 0.0164. The Labute approximate surface area is 164 Å². The van der Waals surface area contributed by atoms with E-state index in [9.17, 15) is 15.0 Å². The molecule has 3 nitrogen and oxygen atoms in total. The van der Waals surface area contributed by atoms with Crippen molar-refractivity contribution in [3.63, 3.8) is 0 Å². The Bertz CT molecular complexity index is 640. The molecule has 0 aromatic carbocycles. The minimum atomic E-state index is -0.789. The summed E-state index contributed by atoms with van der Waals surface area (Å²) in [6.45, 7) is 8.93. The molecular formula is C24H38O3. The summed E-state index contributed by atoms with van der Waals surface area (Å²) in [6.07, 6.45) is 9.79. The van der Waals surface area contributed by atoms with E-state index >= 15 is 0 Å². The molecule has 3 heteroatoms. The van der Waals surface area contributed by atoms with Crippen molar-refractivity contribution >= 4 is 5.78 Å². The van der Waals surface area contributed by atoms with Gasteiger partial charge in [-0.2, -0.15) is 0 Å². The number of hydrogen-bond donors (Lipinski definition) is 2. The number of ketones is 1. The number of hydrogen-bond acceptors (Lipinski definition) is 3. The van der Waals surface area contributed by atoms with Gasteiger partial charge in [0.25, 0.3) is 0 Å². The van der Waals surface area contributed by atoms with Gasteiger partial charge in [0, 0.05) is 12.3 Å². The number of rotatable bonds is 3. The molecule has 3 saturated carbocycles. The van der Waals surface area contributed by atoms with E-state index in [1.165, 1.54) is 25.7 Å². The molecule has 0 aromatic heterocycles. The van der Waals surface area contributed by atoms with Crippen molar-refractivity contribution in [1.29, 1.82) is 0 Å². The Morgan fingerprint density at radius 3 is 2.63 bits per heavy atom. The molecule has 0 aromatic rings. The molecule has 3 fully saturated rings. The predicted molar refractivity (Wildman–Crippen MR) is 107 cm³/mol. The van der Waals surface area contributed by atoms with Crippen LogP contribution in [0.15, 0.2) is 11.6 Å². The summed E-state index contributed by atoms with van der Waals surface area (Å²) in [7, 11) is 0. The van der Waals surface area contributed by atoms with Gasteiger partial charge in [-0.25, -0.2) is 0 Å². The Balaban J connectivity index is 1.65. The quantitative estimate of drug-likeness (QED) is 0.721. The Morgan fingerprint density at radius 1 is 1.19 bits per heavy atom. The van der Waals surface area contributed by atoms with Gasteiger partial charge < -0.3 is 10.2 Å². The number of carbonyl (C=O) groups is 1. The first-order valence-electron chi connectivity index (χ1n) is 11.2. The second-order valence-electron chi connectivity index (χ2n) is 10.9. The van der Waals surface area contributed by atoms with Crippen LogP contribution in [0, 0.1) is 46.3 Å². The average Bonchev–Trinajstić information content (AvgIpc) is 2.91. The lowest BCUT2D eigenvalue weighted by Crippen LogP contribution is -2.51. The molecule has 0 amide bonds. The standard InChI is InChI=1S/C24H38O3/c1-14-7-9-23(3)16(11-14)5-6-17-18(23)8-10-24(4)19(17)12-20(26)22(24)15(2)21(27)13-25/h5,14-15,17-19,21-22,25,27H,6-13H2,1-4H3/t14?,15-,17-,18+,19+,21?,22+,23+,24+/m1/s1. The van der Waals surface area contributed by atoms with E-state index in [2.05, 4.69) is 26.8 Å². The van der Waals surface area contributed by atoms with Crippen LogP contribution in [0.2, 0.25) is 0 Å². The second kappa shape index (κ2) is 6.69. The third-order valence-corrected chi connectivity index (χ3v) is 9.59. The molecular weight excluding hydrogens is 336 g/mol. The molecule has 0 saturated heterocycles. The maximum atomic E-state index is 13.1. The first-order valence-corrected chi connectivity index (χ1v) is 11.2. The monoisotopic (exact) mass is 374 g/mol. The molecule has 0 heterocycles. The molecule has 4 aliphatic rings. The van der Waals surface area contributed by atoms with Gasteiger partial charge in [0.1, 0.15) is 5.78 Å². The number of aliphatic hydroxyl groups is 2. The van der Waals surface area contributed by atoms with E-state index in [0.717, 1.165) is 18.8 Å². The molecule has 4 rings (SSSR count). The average molecular weight is 375 g/mol. The first-order chi connectivity index (χ1) is 12.7. The molecule has 0 radical (unpaired) electrons. The van der Waals surface area contributed by atoms with Gasteiger partial charge in [-0.3, -0.25) is 4.79 Å². The van der Waals surface area contributed by atoms with Crippen molar-refractivity contribution in [1.82, 2.24) is 0 Å². The lowest BCUT2D eigenvalue weighted by Gasteiger charge is -2.58. The van der Waals surface area contributed by atoms with Crippen LogP contribution in [0.3, 0.4) is 0 Å². The normalized spacial score (nSPS) is 48.9. The van der Waals surface area contributed by atoms with Crippen LogP contribution < -0.4 is 0 Å². The smallest absolute Gasteiger partial charge is 0.137 e. The van der Waals surface area contributed by atoms with Crippen molar-refractivity contribution in [3.8, 4) is 0 Å². The Kier molecular flexibility index (Phi) is 4.87. The fraction of sp³-hybridized carbons (Fsp3) is 0.875. The third kappa shape index (κ3) is 2.79. The minimum Gasteiger partial charge on any atom is -0.394 e. The third-order valence-electron chi connectivity index (χ3n) is 9.59. The zero-order valence-electron chi connectivity index (χ0n) is 17.6. The van der Waals surface area contributed by atoms with Crippen LogP contribution in [0.5, 0.6) is 0 Å². The van der Waals surface area contributed by atoms with Crippen molar-refractivity contribution in [2.24, 2.45) is 46.3 Å².